The monoisotopic (exact) mass is 378 g/mol. The van der Waals surface area contributed by atoms with Gasteiger partial charge in [0.05, 0.1) is 28.1 Å². The van der Waals surface area contributed by atoms with E-state index in [2.05, 4.69) is 5.32 Å². The zero-order valence-corrected chi connectivity index (χ0v) is 14.8. The number of halogens is 1. The van der Waals surface area contributed by atoms with Crippen LogP contribution in [0.4, 0.5) is 11.4 Å². The molecule has 130 valence electrons. The number of carbonyl (C=O) groups is 2. The van der Waals surface area contributed by atoms with Gasteiger partial charge in [-0.3, -0.25) is 9.59 Å². The molecule has 3 rings (SSSR count). The number of rotatable bonds is 3. The number of nitrogens with zero attached hydrogens (tertiary/aromatic N) is 1. The fraction of sp³-hybridized carbons (Fsp3) is 0.176. The molecule has 0 bridgehead atoms. The highest BCUT2D eigenvalue weighted by atomic mass is 35.5. The maximum absolute atomic E-state index is 12.4. The molecule has 2 aromatic rings. The van der Waals surface area contributed by atoms with E-state index in [1.54, 1.807) is 31.2 Å². The van der Waals surface area contributed by atoms with Crippen LogP contribution in [0.3, 0.4) is 0 Å². The van der Waals surface area contributed by atoms with Crippen molar-refractivity contribution in [2.75, 3.05) is 15.4 Å². The van der Waals surface area contributed by atoms with E-state index in [0.717, 1.165) is 4.31 Å². The minimum atomic E-state index is -3.72. The van der Waals surface area contributed by atoms with Crippen LogP contribution in [0.5, 0.6) is 0 Å². The van der Waals surface area contributed by atoms with Crippen LogP contribution in [-0.2, 0) is 14.8 Å². The summed E-state index contributed by atoms with van der Waals surface area (Å²) >= 11 is 6.02. The van der Waals surface area contributed by atoms with E-state index in [1.807, 2.05) is 0 Å². The van der Waals surface area contributed by atoms with E-state index in [-0.39, 0.29) is 17.0 Å². The molecule has 1 aliphatic rings. The molecule has 0 aromatic heterocycles. The summed E-state index contributed by atoms with van der Waals surface area (Å²) in [6.45, 7) is 1.56. The quantitative estimate of drug-likeness (QED) is 0.890. The van der Waals surface area contributed by atoms with E-state index in [4.69, 9.17) is 11.6 Å². The summed E-state index contributed by atoms with van der Waals surface area (Å²) in [6, 6.07) is 12.7. The molecule has 8 heteroatoms. The maximum Gasteiger partial charge on any atom is 0.255 e. The lowest BCUT2D eigenvalue weighted by atomic mass is 10.1. The fourth-order valence-electron chi connectivity index (χ4n) is 2.62. The lowest BCUT2D eigenvalue weighted by Gasteiger charge is -2.16. The van der Waals surface area contributed by atoms with Crippen LogP contribution >= 0.6 is 11.6 Å². The van der Waals surface area contributed by atoms with Crippen molar-refractivity contribution in [1.29, 1.82) is 0 Å². The third kappa shape index (κ3) is 3.38. The predicted molar refractivity (Wildman–Crippen MR) is 96.3 cm³/mol. The molecule has 1 aliphatic heterocycles. The molecule has 2 aromatic carbocycles. The highest BCUT2D eigenvalue weighted by molar-refractivity contribution is 7.94. The highest BCUT2D eigenvalue weighted by Gasteiger charge is 2.42. The van der Waals surface area contributed by atoms with Crippen LogP contribution in [0.1, 0.15) is 17.3 Å². The second kappa shape index (κ2) is 6.50. The number of sulfonamides is 1. The first kappa shape index (κ1) is 17.4. The van der Waals surface area contributed by atoms with Crippen LogP contribution in [0.2, 0.25) is 5.02 Å². The summed E-state index contributed by atoms with van der Waals surface area (Å²) < 4.78 is 25.1. The molecule has 1 saturated heterocycles. The van der Waals surface area contributed by atoms with Gasteiger partial charge >= 0.3 is 0 Å². The van der Waals surface area contributed by atoms with E-state index in [0.29, 0.717) is 10.7 Å². The average Bonchev–Trinajstić information content (AvgIpc) is 2.77. The Morgan fingerprint density at radius 1 is 1.20 bits per heavy atom. The van der Waals surface area contributed by atoms with Crippen molar-refractivity contribution in [3.05, 3.63) is 59.1 Å². The van der Waals surface area contributed by atoms with E-state index < -0.39 is 27.8 Å². The Bertz CT molecular complexity index is 959. The van der Waals surface area contributed by atoms with Crippen molar-refractivity contribution < 1.29 is 18.0 Å². The Labute approximate surface area is 150 Å². The van der Waals surface area contributed by atoms with Crippen molar-refractivity contribution in [3.63, 3.8) is 0 Å². The van der Waals surface area contributed by atoms with Gasteiger partial charge in [-0.15, -0.1) is 0 Å². The zero-order valence-electron chi connectivity index (χ0n) is 13.3. The standard InChI is InChI=1S/C17H15ClN2O4S/c1-11-10-25(23,24)20(17(11)22)13-6-4-5-12(9-13)16(21)19-15-8-3-2-7-14(15)18/h2-9,11H,10H2,1H3,(H,19,21)/t11-/m1/s1. The number of benzene rings is 2. The van der Waals surface area contributed by atoms with Gasteiger partial charge in [0.25, 0.3) is 5.91 Å². The predicted octanol–water partition coefficient (Wildman–Crippen LogP) is 2.90. The highest BCUT2D eigenvalue weighted by Crippen LogP contribution is 2.29. The minimum absolute atomic E-state index is 0.154. The van der Waals surface area contributed by atoms with Crippen molar-refractivity contribution >= 4 is 44.8 Å². The molecule has 0 spiro atoms. The van der Waals surface area contributed by atoms with Gasteiger partial charge in [0.15, 0.2) is 0 Å². The summed E-state index contributed by atoms with van der Waals surface area (Å²) in [5.74, 6) is -1.79. The molecule has 6 nitrogen and oxygen atoms in total. The Kier molecular flexibility index (Phi) is 4.53. The lowest BCUT2D eigenvalue weighted by molar-refractivity contribution is -0.119. The molecule has 2 amide bonds. The van der Waals surface area contributed by atoms with Crippen LogP contribution < -0.4 is 9.62 Å². The van der Waals surface area contributed by atoms with E-state index in [1.165, 1.54) is 24.3 Å². The molecule has 0 aliphatic carbocycles. The van der Waals surface area contributed by atoms with Gasteiger partial charge in [0.1, 0.15) is 0 Å². The SMILES string of the molecule is C[C@@H]1CS(=O)(=O)N(c2cccc(C(=O)Nc3ccccc3Cl)c2)C1=O. The molecule has 1 fully saturated rings. The summed E-state index contributed by atoms with van der Waals surface area (Å²) in [4.78, 5) is 24.6. The Morgan fingerprint density at radius 3 is 2.56 bits per heavy atom. The average molecular weight is 379 g/mol. The van der Waals surface area contributed by atoms with Crippen LogP contribution in [0.15, 0.2) is 48.5 Å². The van der Waals surface area contributed by atoms with Crippen LogP contribution in [0.25, 0.3) is 0 Å². The normalized spacial score (nSPS) is 19.0. The van der Waals surface area contributed by atoms with Gasteiger partial charge in [-0.1, -0.05) is 36.7 Å². The first-order valence-corrected chi connectivity index (χ1v) is 9.51. The van der Waals surface area contributed by atoms with Gasteiger partial charge in [0, 0.05) is 5.56 Å². The van der Waals surface area contributed by atoms with Gasteiger partial charge in [-0.05, 0) is 30.3 Å². The summed E-state index contributed by atoms with van der Waals surface area (Å²) in [5, 5.41) is 3.05. The topological polar surface area (TPSA) is 83.6 Å². The minimum Gasteiger partial charge on any atom is -0.321 e. The number of hydrogen-bond donors (Lipinski definition) is 1. The molecule has 1 heterocycles. The Morgan fingerprint density at radius 2 is 1.92 bits per heavy atom. The van der Waals surface area contributed by atoms with Crippen LogP contribution in [0, 0.1) is 5.92 Å². The zero-order chi connectivity index (χ0) is 18.2. The van der Waals surface area contributed by atoms with E-state index >= 15 is 0 Å². The fourth-order valence-corrected chi connectivity index (χ4v) is 4.61. The number of para-hydroxylation sites is 1. The third-order valence-corrected chi connectivity index (χ3v) is 6.02. The van der Waals surface area contributed by atoms with Crippen molar-refractivity contribution in [2.24, 2.45) is 5.92 Å². The molecule has 1 atom stereocenters. The molecule has 0 saturated carbocycles. The van der Waals surface area contributed by atoms with Gasteiger partial charge in [-0.2, -0.15) is 0 Å². The summed E-state index contributed by atoms with van der Waals surface area (Å²) in [5.41, 5.74) is 0.819. The lowest BCUT2D eigenvalue weighted by Crippen LogP contribution is -2.30. The number of anilines is 2. The van der Waals surface area contributed by atoms with Crippen molar-refractivity contribution in [3.8, 4) is 0 Å². The Hall–Kier alpha value is -2.38. The maximum atomic E-state index is 12.4. The molecular formula is C17H15ClN2O4S. The summed E-state index contributed by atoms with van der Waals surface area (Å²) in [6.07, 6.45) is 0. The van der Waals surface area contributed by atoms with Gasteiger partial charge < -0.3 is 5.32 Å². The largest absolute Gasteiger partial charge is 0.321 e. The molecule has 0 radical (unpaired) electrons. The number of nitrogens with one attached hydrogen (secondary N) is 1. The number of hydrogen-bond acceptors (Lipinski definition) is 4. The van der Waals surface area contributed by atoms with Crippen LogP contribution in [-0.4, -0.2) is 26.0 Å². The van der Waals surface area contributed by atoms with E-state index in [9.17, 15) is 18.0 Å². The molecule has 0 unspecified atom stereocenters. The smallest absolute Gasteiger partial charge is 0.255 e. The summed E-state index contributed by atoms with van der Waals surface area (Å²) in [7, 11) is -3.72. The second-order valence-corrected chi connectivity index (χ2v) is 8.04. The van der Waals surface area contributed by atoms with Gasteiger partial charge in [0.2, 0.25) is 15.9 Å². The number of carbonyl (C=O) groups excluding carboxylic acids is 2. The first-order valence-electron chi connectivity index (χ1n) is 7.52. The number of amides is 2. The molecular weight excluding hydrogens is 364 g/mol. The molecule has 25 heavy (non-hydrogen) atoms. The third-order valence-electron chi connectivity index (χ3n) is 3.83. The van der Waals surface area contributed by atoms with Gasteiger partial charge in [-0.25, -0.2) is 12.7 Å². The van der Waals surface area contributed by atoms with Crippen molar-refractivity contribution in [1.82, 2.24) is 0 Å². The first-order chi connectivity index (χ1) is 11.8. The molecule has 1 N–H and O–H groups in total. The van der Waals surface area contributed by atoms with Crippen molar-refractivity contribution in [2.45, 2.75) is 6.92 Å². The second-order valence-electron chi connectivity index (χ2n) is 5.77. The Balaban J connectivity index is 1.91.